The monoisotopic (exact) mass is 294 g/mol. The third-order valence-corrected chi connectivity index (χ3v) is 2.39. The van der Waals surface area contributed by atoms with Crippen LogP contribution in [0.15, 0.2) is 6.07 Å². The van der Waals surface area contributed by atoms with Gasteiger partial charge in [-0.25, -0.2) is 14.8 Å². The zero-order valence-electron chi connectivity index (χ0n) is 13.1. The predicted molar refractivity (Wildman–Crippen MR) is 79.1 cm³/mol. The Morgan fingerprint density at radius 1 is 1.29 bits per heavy atom. The lowest BCUT2D eigenvalue weighted by atomic mass is 10.1. The summed E-state index contributed by atoms with van der Waals surface area (Å²) in [6, 6.07) is 1.70. The van der Waals surface area contributed by atoms with Gasteiger partial charge in [0, 0.05) is 30.3 Å². The highest BCUT2D eigenvalue weighted by Gasteiger charge is 2.14. The summed E-state index contributed by atoms with van der Waals surface area (Å²) in [6.07, 6.45) is 0.313. The number of rotatable bonds is 5. The molecule has 116 valence electrons. The molecule has 1 aromatic rings. The van der Waals surface area contributed by atoms with E-state index in [1.54, 1.807) is 13.0 Å². The number of amides is 1. The van der Waals surface area contributed by atoms with Crippen LogP contribution < -0.4 is 10.6 Å². The lowest BCUT2D eigenvalue weighted by Crippen LogP contribution is -2.41. The third-order valence-electron chi connectivity index (χ3n) is 2.39. The molecule has 1 heterocycles. The molecule has 7 nitrogen and oxygen atoms in total. The number of ether oxygens (including phenoxy) is 1. The fourth-order valence-electron chi connectivity index (χ4n) is 1.63. The van der Waals surface area contributed by atoms with Gasteiger partial charge in [-0.15, -0.1) is 0 Å². The Balaban J connectivity index is 2.58. The molecule has 0 bridgehead atoms. The van der Waals surface area contributed by atoms with E-state index in [2.05, 4.69) is 25.3 Å². The summed E-state index contributed by atoms with van der Waals surface area (Å²) in [5.74, 6) is -0.146. The van der Waals surface area contributed by atoms with E-state index in [9.17, 15) is 9.59 Å². The molecule has 0 aromatic carbocycles. The minimum Gasteiger partial charge on any atom is -0.463 e. The molecule has 0 aliphatic rings. The second-order valence-corrected chi connectivity index (χ2v) is 5.68. The van der Waals surface area contributed by atoms with E-state index in [0.717, 1.165) is 0 Å². The van der Waals surface area contributed by atoms with Gasteiger partial charge in [0.15, 0.2) is 0 Å². The number of hydrogen-bond acceptors (Lipinski definition) is 6. The van der Waals surface area contributed by atoms with Crippen molar-refractivity contribution in [2.75, 3.05) is 19.0 Å². The Morgan fingerprint density at radius 3 is 2.52 bits per heavy atom. The maximum atomic E-state index is 11.7. The molecule has 0 saturated heterocycles. The Labute approximate surface area is 124 Å². The van der Waals surface area contributed by atoms with Crippen molar-refractivity contribution in [3.8, 4) is 0 Å². The van der Waals surface area contributed by atoms with E-state index < -0.39 is 5.97 Å². The summed E-state index contributed by atoms with van der Waals surface area (Å²) in [5, 5.41) is 5.87. The number of nitrogens with zero attached hydrogens (tertiary/aromatic N) is 2. The Bertz CT molecular complexity index is 523. The van der Waals surface area contributed by atoms with Crippen LogP contribution in [0.4, 0.5) is 5.82 Å². The number of aryl methyl sites for hydroxylation is 1. The van der Waals surface area contributed by atoms with Crippen molar-refractivity contribution in [3.05, 3.63) is 17.6 Å². The van der Waals surface area contributed by atoms with Gasteiger partial charge >= 0.3 is 5.97 Å². The minimum atomic E-state index is -0.591. The highest BCUT2D eigenvalue weighted by Crippen LogP contribution is 2.07. The van der Waals surface area contributed by atoms with E-state index in [0.29, 0.717) is 24.5 Å². The first-order chi connectivity index (χ1) is 9.71. The summed E-state index contributed by atoms with van der Waals surface area (Å²) in [4.78, 5) is 31.1. The Kier molecular flexibility index (Phi) is 5.63. The molecule has 0 spiro atoms. The minimum absolute atomic E-state index is 0.000793. The molecule has 1 rings (SSSR count). The fourth-order valence-corrected chi connectivity index (χ4v) is 1.63. The van der Waals surface area contributed by atoms with Crippen molar-refractivity contribution in [2.24, 2.45) is 0 Å². The van der Waals surface area contributed by atoms with Crippen molar-refractivity contribution < 1.29 is 14.3 Å². The van der Waals surface area contributed by atoms with E-state index in [-0.39, 0.29) is 17.3 Å². The fraction of sp³-hybridized carbons (Fsp3) is 0.571. The number of esters is 1. The average molecular weight is 294 g/mol. The Morgan fingerprint density at radius 2 is 1.95 bits per heavy atom. The van der Waals surface area contributed by atoms with Crippen molar-refractivity contribution in [3.63, 3.8) is 0 Å². The quantitative estimate of drug-likeness (QED) is 0.795. The predicted octanol–water partition coefficient (Wildman–Crippen LogP) is 1.29. The molecule has 0 unspecified atom stereocenters. The number of carbonyl (C=O) groups is 2. The van der Waals surface area contributed by atoms with Gasteiger partial charge in [-0.3, -0.25) is 4.79 Å². The lowest BCUT2D eigenvalue weighted by molar-refractivity contribution is -0.122. The van der Waals surface area contributed by atoms with Gasteiger partial charge in [0.2, 0.25) is 11.7 Å². The Hall–Kier alpha value is -2.18. The van der Waals surface area contributed by atoms with E-state index in [1.165, 1.54) is 7.11 Å². The number of carbonyl (C=O) groups excluding carboxylic acids is 2. The summed E-state index contributed by atoms with van der Waals surface area (Å²) in [7, 11) is 1.28. The first kappa shape index (κ1) is 16.9. The molecule has 0 saturated carbocycles. The molecule has 21 heavy (non-hydrogen) atoms. The second kappa shape index (κ2) is 7.01. The third kappa shape index (κ3) is 6.20. The van der Waals surface area contributed by atoms with Crippen LogP contribution in [-0.2, 0) is 9.53 Å². The van der Waals surface area contributed by atoms with Gasteiger partial charge in [-0.2, -0.15) is 0 Å². The topological polar surface area (TPSA) is 93.2 Å². The smallest absolute Gasteiger partial charge is 0.376 e. The summed E-state index contributed by atoms with van der Waals surface area (Å²) >= 11 is 0. The van der Waals surface area contributed by atoms with Crippen molar-refractivity contribution in [1.82, 2.24) is 15.3 Å². The maximum Gasteiger partial charge on any atom is 0.376 e. The highest BCUT2D eigenvalue weighted by atomic mass is 16.5. The number of nitrogens with one attached hydrogen (secondary N) is 2. The molecule has 0 atom stereocenters. The van der Waals surface area contributed by atoms with Crippen LogP contribution in [0.3, 0.4) is 0 Å². The van der Waals surface area contributed by atoms with Crippen molar-refractivity contribution >= 4 is 17.7 Å². The largest absolute Gasteiger partial charge is 0.463 e. The van der Waals surface area contributed by atoms with Gasteiger partial charge in [0.1, 0.15) is 5.82 Å². The van der Waals surface area contributed by atoms with Gasteiger partial charge in [-0.05, 0) is 27.7 Å². The van der Waals surface area contributed by atoms with Crippen LogP contribution in [-0.4, -0.2) is 41.0 Å². The lowest BCUT2D eigenvalue weighted by Gasteiger charge is -2.20. The first-order valence-corrected chi connectivity index (χ1v) is 6.70. The molecule has 1 amide bonds. The van der Waals surface area contributed by atoms with Crippen LogP contribution in [0.5, 0.6) is 0 Å². The van der Waals surface area contributed by atoms with E-state index in [1.807, 2.05) is 20.8 Å². The second-order valence-electron chi connectivity index (χ2n) is 5.68. The van der Waals surface area contributed by atoms with Crippen LogP contribution >= 0.6 is 0 Å². The molecule has 1 aromatic heterocycles. The normalized spacial score (nSPS) is 10.9. The summed E-state index contributed by atoms with van der Waals surface area (Å²) in [5.41, 5.74) is 0.396. The van der Waals surface area contributed by atoms with Gasteiger partial charge < -0.3 is 15.4 Å². The molecule has 2 N–H and O–H groups in total. The molecule has 0 fully saturated rings. The van der Waals surface area contributed by atoms with Gasteiger partial charge in [0.05, 0.1) is 7.11 Å². The molecule has 0 aliphatic carbocycles. The number of aromatic nitrogens is 2. The van der Waals surface area contributed by atoms with E-state index in [4.69, 9.17) is 0 Å². The first-order valence-electron chi connectivity index (χ1n) is 6.70. The zero-order chi connectivity index (χ0) is 16.0. The van der Waals surface area contributed by atoms with Crippen LogP contribution in [0.2, 0.25) is 0 Å². The highest BCUT2D eigenvalue weighted by molar-refractivity contribution is 5.85. The van der Waals surface area contributed by atoms with Crippen molar-refractivity contribution in [1.29, 1.82) is 0 Å². The standard InChI is InChI=1S/C14H22N4O3/c1-9-8-10(17-12(16-9)13(20)21-5)15-7-6-11(19)18-14(2,3)4/h8H,6-7H2,1-5H3,(H,18,19)(H,15,16,17). The maximum absolute atomic E-state index is 11.7. The summed E-state index contributed by atoms with van der Waals surface area (Å²) in [6.45, 7) is 7.95. The zero-order valence-corrected chi connectivity index (χ0v) is 13.1. The number of hydrogen-bond donors (Lipinski definition) is 2. The SMILES string of the molecule is COC(=O)c1nc(C)cc(NCCC(=O)NC(C)(C)C)n1. The average Bonchev–Trinajstić information content (AvgIpc) is 2.35. The van der Waals surface area contributed by atoms with Crippen molar-refractivity contribution in [2.45, 2.75) is 39.7 Å². The number of anilines is 1. The molecular formula is C14H22N4O3. The molecule has 7 heteroatoms. The van der Waals surface area contributed by atoms with Gasteiger partial charge in [-0.1, -0.05) is 0 Å². The summed E-state index contributed by atoms with van der Waals surface area (Å²) < 4.78 is 4.59. The molecule has 0 aliphatic heterocycles. The van der Waals surface area contributed by atoms with E-state index >= 15 is 0 Å². The van der Waals surface area contributed by atoms with Crippen LogP contribution in [0, 0.1) is 6.92 Å². The molecular weight excluding hydrogens is 272 g/mol. The molecule has 0 radical (unpaired) electrons. The van der Waals surface area contributed by atoms with Crippen LogP contribution in [0.1, 0.15) is 43.5 Å². The van der Waals surface area contributed by atoms with Crippen LogP contribution in [0.25, 0.3) is 0 Å². The number of methoxy groups -OCH3 is 1. The van der Waals surface area contributed by atoms with Gasteiger partial charge in [0.25, 0.3) is 0 Å².